The zero-order valence-corrected chi connectivity index (χ0v) is 17.4. The van der Waals surface area contributed by atoms with Gasteiger partial charge in [0.05, 0.1) is 0 Å². The van der Waals surface area contributed by atoms with Gasteiger partial charge in [-0.15, -0.1) is 12.1 Å². The molecule has 2 fully saturated rings. The van der Waals surface area contributed by atoms with Gasteiger partial charge in [-0.1, -0.05) is 45.4 Å². The van der Waals surface area contributed by atoms with Gasteiger partial charge in [0.25, 0.3) is 0 Å². The summed E-state index contributed by atoms with van der Waals surface area (Å²) in [7, 11) is 0. The molecule has 0 atom stereocenters. The quantitative estimate of drug-likeness (QED) is 0.538. The Hall–Kier alpha value is 0.254. The van der Waals surface area contributed by atoms with Gasteiger partial charge in [0.15, 0.2) is 0 Å². The maximum absolute atomic E-state index is 12.9. The number of halogens is 1. The fourth-order valence-electron chi connectivity index (χ4n) is 4.67. The van der Waals surface area contributed by atoms with Crippen LogP contribution in [0.15, 0.2) is 18.2 Å². The van der Waals surface area contributed by atoms with E-state index in [1.807, 2.05) is 12.1 Å². The van der Waals surface area contributed by atoms with E-state index in [1.54, 1.807) is 0 Å². The topological polar surface area (TPSA) is 0 Å². The number of hydrogen-bond acceptors (Lipinski definition) is 0. The molecule has 2 aliphatic carbocycles. The average Bonchev–Trinajstić information content (AvgIpc) is 2.56. The first-order valence-electron chi connectivity index (χ1n) is 9.37. The molecule has 2 heteroatoms. The van der Waals surface area contributed by atoms with Gasteiger partial charge in [0.1, 0.15) is 0 Å². The van der Waals surface area contributed by atoms with E-state index in [9.17, 15) is 4.39 Å². The normalized spacial score (nSPS) is 31.4. The molecule has 0 aromatic heterocycles. The van der Waals surface area contributed by atoms with Crippen LogP contribution in [0.4, 0.5) is 4.39 Å². The van der Waals surface area contributed by atoms with Crippen LogP contribution in [-0.2, 0) is 39.1 Å². The molecule has 0 heterocycles. The summed E-state index contributed by atoms with van der Waals surface area (Å²) in [4.78, 5) is 0. The van der Waals surface area contributed by atoms with Crippen LogP contribution in [-0.4, -0.2) is 0 Å². The van der Waals surface area contributed by atoms with Gasteiger partial charge in [-0.05, 0) is 49.4 Å². The van der Waals surface area contributed by atoms with E-state index in [1.165, 1.54) is 69.4 Å². The first-order chi connectivity index (χ1) is 10.7. The fourth-order valence-corrected chi connectivity index (χ4v) is 4.67. The minimum atomic E-state index is -0.244. The van der Waals surface area contributed by atoms with Crippen LogP contribution in [0.2, 0.25) is 0 Å². The van der Waals surface area contributed by atoms with Gasteiger partial charge < -0.3 is 0 Å². The Labute approximate surface area is 166 Å². The van der Waals surface area contributed by atoms with E-state index in [0.29, 0.717) is 0 Å². The monoisotopic (exact) mass is 390 g/mol. The Morgan fingerprint density at radius 1 is 0.957 bits per heavy atom. The second-order valence-electron chi connectivity index (χ2n) is 7.88. The molecule has 0 spiro atoms. The maximum Gasteiger partial charge on any atom is 3.00 e. The predicted molar refractivity (Wildman–Crippen MR) is 90.1 cm³/mol. The van der Waals surface area contributed by atoms with Gasteiger partial charge in [-0.2, -0.15) is 17.7 Å². The molecule has 0 radical (unpaired) electrons. The van der Waals surface area contributed by atoms with Crippen molar-refractivity contribution in [2.75, 3.05) is 0 Å². The smallest absolute Gasteiger partial charge is 0.236 e. The molecule has 0 N–H and O–H groups in total. The SMILES string of the molecule is CC1CCC(C2CCC(CCc3c[c-]c(F)cc3)CC2)CC1.[Y+3]. The molecule has 2 aliphatic rings. The third-order valence-electron chi connectivity index (χ3n) is 6.30. The van der Waals surface area contributed by atoms with Gasteiger partial charge >= 0.3 is 32.7 Å². The number of aryl methyl sites for hydroxylation is 1. The van der Waals surface area contributed by atoms with E-state index in [0.717, 1.165) is 30.1 Å². The Bertz CT molecular complexity index is 439. The Kier molecular flexibility index (Phi) is 8.22. The van der Waals surface area contributed by atoms with Crippen LogP contribution in [0.25, 0.3) is 0 Å². The zero-order chi connectivity index (χ0) is 15.4. The molecule has 0 bridgehead atoms. The van der Waals surface area contributed by atoms with Crippen molar-refractivity contribution in [1.82, 2.24) is 0 Å². The predicted octanol–water partition coefficient (Wildman–Crippen LogP) is 6.19. The summed E-state index contributed by atoms with van der Waals surface area (Å²) in [6, 6.07) is 7.95. The molecule has 122 valence electrons. The summed E-state index contributed by atoms with van der Waals surface area (Å²) >= 11 is 0. The summed E-state index contributed by atoms with van der Waals surface area (Å²) in [6.07, 6.45) is 14.0. The minimum Gasteiger partial charge on any atom is -0.236 e. The van der Waals surface area contributed by atoms with E-state index in [2.05, 4.69) is 13.0 Å². The van der Waals surface area contributed by atoms with Crippen LogP contribution in [0, 0.1) is 35.6 Å². The van der Waals surface area contributed by atoms with E-state index in [-0.39, 0.29) is 38.5 Å². The molecule has 0 amide bonds. The van der Waals surface area contributed by atoms with Gasteiger partial charge in [-0.25, -0.2) is 4.39 Å². The Balaban J connectivity index is 0.00000192. The first kappa shape index (κ1) is 19.6. The van der Waals surface area contributed by atoms with E-state index in [4.69, 9.17) is 0 Å². The molecule has 0 nitrogen and oxygen atoms in total. The molecule has 1 aromatic carbocycles. The zero-order valence-electron chi connectivity index (χ0n) is 14.6. The molecular formula is C21H30FY+2. The molecule has 0 aliphatic heterocycles. The third kappa shape index (κ3) is 5.92. The summed E-state index contributed by atoms with van der Waals surface area (Å²) in [6.45, 7) is 2.42. The molecule has 0 saturated heterocycles. The van der Waals surface area contributed by atoms with Crippen molar-refractivity contribution in [2.45, 2.75) is 71.1 Å². The molecule has 23 heavy (non-hydrogen) atoms. The van der Waals surface area contributed by atoms with Crippen molar-refractivity contribution in [3.8, 4) is 0 Å². The number of benzene rings is 1. The maximum atomic E-state index is 12.9. The average molecular weight is 390 g/mol. The third-order valence-corrected chi connectivity index (χ3v) is 6.30. The van der Waals surface area contributed by atoms with Crippen LogP contribution >= 0.6 is 0 Å². The number of rotatable bonds is 4. The molecule has 0 unspecified atom stereocenters. The van der Waals surface area contributed by atoms with Crippen molar-refractivity contribution in [1.29, 1.82) is 0 Å². The van der Waals surface area contributed by atoms with Crippen molar-refractivity contribution < 1.29 is 37.1 Å². The van der Waals surface area contributed by atoms with Crippen molar-refractivity contribution in [3.63, 3.8) is 0 Å². The standard InChI is InChI=1S/C21H30F.Y/c1-16-2-10-19(11-3-16)20-12-6-17(7-13-20)4-5-18-8-14-21(22)15-9-18;/h8-9,14,16-17,19-20H,2-7,10-13H2,1H3;/q-1;+3. The van der Waals surface area contributed by atoms with Gasteiger partial charge in [-0.3, -0.25) is 0 Å². The fraction of sp³-hybridized carbons (Fsp3) is 0.714. The summed E-state index contributed by atoms with van der Waals surface area (Å²) in [5.41, 5.74) is 1.24. The minimum absolute atomic E-state index is 0. The van der Waals surface area contributed by atoms with Gasteiger partial charge in [0.2, 0.25) is 0 Å². The van der Waals surface area contributed by atoms with E-state index < -0.39 is 0 Å². The first-order valence-corrected chi connectivity index (χ1v) is 9.37. The summed E-state index contributed by atoms with van der Waals surface area (Å²) in [5.74, 6) is 3.67. The Morgan fingerprint density at radius 2 is 1.57 bits per heavy atom. The molecular weight excluding hydrogens is 360 g/mol. The van der Waals surface area contributed by atoms with Gasteiger partial charge in [0, 0.05) is 5.82 Å². The van der Waals surface area contributed by atoms with Crippen LogP contribution in [0.1, 0.15) is 70.3 Å². The van der Waals surface area contributed by atoms with Crippen LogP contribution in [0.5, 0.6) is 0 Å². The van der Waals surface area contributed by atoms with Crippen molar-refractivity contribution >= 4 is 0 Å². The Morgan fingerprint density at radius 3 is 2.13 bits per heavy atom. The van der Waals surface area contributed by atoms with Crippen molar-refractivity contribution in [3.05, 3.63) is 35.6 Å². The second kappa shape index (κ2) is 9.66. The molecule has 3 rings (SSSR count). The largest absolute Gasteiger partial charge is 3.00 e. The summed E-state index contributed by atoms with van der Waals surface area (Å²) in [5, 5.41) is 0. The number of hydrogen-bond donors (Lipinski definition) is 0. The molecule has 1 aromatic rings. The van der Waals surface area contributed by atoms with E-state index >= 15 is 0 Å². The van der Waals surface area contributed by atoms with Crippen LogP contribution in [0.3, 0.4) is 0 Å². The molecule has 2 saturated carbocycles. The summed E-state index contributed by atoms with van der Waals surface area (Å²) < 4.78 is 12.9. The van der Waals surface area contributed by atoms with Crippen LogP contribution < -0.4 is 0 Å². The van der Waals surface area contributed by atoms with Crippen molar-refractivity contribution in [2.24, 2.45) is 23.7 Å². The second-order valence-corrected chi connectivity index (χ2v) is 7.88.